The van der Waals surface area contributed by atoms with Gasteiger partial charge in [0.15, 0.2) is 11.6 Å². The smallest absolute Gasteiger partial charge is 0.224 e. The molecule has 0 spiro atoms. The molecule has 2 N–H and O–H groups in total. The molecule has 0 heterocycles. The van der Waals surface area contributed by atoms with Crippen molar-refractivity contribution in [1.82, 2.24) is 5.32 Å². The summed E-state index contributed by atoms with van der Waals surface area (Å²) in [5, 5.41) is 5.41. The molecule has 0 fully saturated rings. The molecule has 0 aliphatic carbocycles. The first kappa shape index (κ1) is 15.8. The zero-order chi connectivity index (χ0) is 12.0. The zero-order valence-corrected chi connectivity index (χ0v) is 10.2. The highest BCUT2D eigenvalue weighted by atomic mass is 35.5. The topological polar surface area (TPSA) is 41.1 Å². The summed E-state index contributed by atoms with van der Waals surface area (Å²) in [5.74, 6) is -2.09. The van der Waals surface area contributed by atoms with E-state index >= 15 is 0 Å². The number of halogens is 3. The van der Waals surface area contributed by atoms with Crippen LogP contribution in [0.4, 0.5) is 14.5 Å². The quantitative estimate of drug-likeness (QED) is 0.802. The second-order valence-electron chi connectivity index (χ2n) is 3.38. The highest BCUT2D eigenvalue weighted by Crippen LogP contribution is 2.13. The summed E-state index contributed by atoms with van der Waals surface area (Å²) in [6.45, 7) is 0.741. The first-order valence-corrected chi connectivity index (χ1v) is 5.03. The fourth-order valence-electron chi connectivity index (χ4n) is 1.22. The summed E-state index contributed by atoms with van der Waals surface area (Å²) in [6.07, 6.45) is 1.05. The minimum atomic E-state index is -0.965. The van der Waals surface area contributed by atoms with E-state index in [1.54, 1.807) is 7.05 Å². The van der Waals surface area contributed by atoms with E-state index in [1.807, 2.05) is 0 Å². The minimum absolute atomic E-state index is 0. The van der Waals surface area contributed by atoms with Crippen molar-refractivity contribution in [3.05, 3.63) is 29.8 Å². The zero-order valence-electron chi connectivity index (χ0n) is 9.43. The van der Waals surface area contributed by atoms with Gasteiger partial charge < -0.3 is 10.6 Å². The Balaban J connectivity index is 0.00000256. The van der Waals surface area contributed by atoms with Crippen LogP contribution in [0.3, 0.4) is 0 Å². The predicted octanol–water partition coefficient (Wildman–Crippen LogP) is 2.32. The van der Waals surface area contributed by atoms with Crippen LogP contribution in [-0.4, -0.2) is 19.5 Å². The molecule has 0 aliphatic heterocycles. The van der Waals surface area contributed by atoms with Gasteiger partial charge >= 0.3 is 0 Å². The first-order chi connectivity index (χ1) is 7.63. The molecular formula is C11H15ClF2N2O. The average Bonchev–Trinajstić information content (AvgIpc) is 2.24. The molecule has 6 heteroatoms. The van der Waals surface area contributed by atoms with Gasteiger partial charge in [-0.25, -0.2) is 8.78 Å². The Morgan fingerprint density at radius 3 is 2.59 bits per heavy atom. The lowest BCUT2D eigenvalue weighted by Gasteiger charge is -2.05. The van der Waals surface area contributed by atoms with E-state index < -0.39 is 11.6 Å². The van der Waals surface area contributed by atoms with E-state index in [2.05, 4.69) is 10.6 Å². The number of carbonyl (C=O) groups is 1. The SMILES string of the molecule is CNCCCC(=O)Nc1ccc(F)c(F)c1.Cl. The standard InChI is InChI=1S/C11H14F2N2O.ClH/c1-14-6-2-3-11(16)15-8-4-5-9(12)10(13)7-8;/h4-5,7,14H,2-3,6H2,1H3,(H,15,16);1H. The molecule has 1 aromatic carbocycles. The number of anilines is 1. The molecule has 0 unspecified atom stereocenters. The van der Waals surface area contributed by atoms with Gasteiger partial charge in [0.2, 0.25) is 5.91 Å². The Bertz CT molecular complexity index is 374. The number of carbonyl (C=O) groups excluding carboxylic acids is 1. The van der Waals surface area contributed by atoms with Crippen molar-refractivity contribution in [3.8, 4) is 0 Å². The molecule has 96 valence electrons. The van der Waals surface area contributed by atoms with Crippen LogP contribution in [-0.2, 0) is 4.79 Å². The number of rotatable bonds is 5. The number of nitrogens with one attached hydrogen (secondary N) is 2. The molecule has 0 aliphatic rings. The highest BCUT2D eigenvalue weighted by Gasteiger charge is 2.05. The second-order valence-corrected chi connectivity index (χ2v) is 3.38. The Hall–Kier alpha value is -1.20. The fraction of sp³-hybridized carbons (Fsp3) is 0.364. The van der Waals surface area contributed by atoms with Gasteiger partial charge in [-0.15, -0.1) is 12.4 Å². The number of hydrogen-bond donors (Lipinski definition) is 2. The molecule has 0 saturated carbocycles. The van der Waals surface area contributed by atoms with Gasteiger partial charge in [0, 0.05) is 18.2 Å². The van der Waals surface area contributed by atoms with Gasteiger partial charge in [0.25, 0.3) is 0 Å². The molecule has 1 amide bonds. The van der Waals surface area contributed by atoms with Crippen LogP contribution in [0, 0.1) is 11.6 Å². The molecule has 0 aromatic heterocycles. The Kier molecular flexibility index (Phi) is 7.41. The molecule has 1 rings (SSSR count). The van der Waals surface area contributed by atoms with Gasteiger partial charge in [0.1, 0.15) is 0 Å². The molecule has 0 bridgehead atoms. The average molecular weight is 265 g/mol. The van der Waals surface area contributed by atoms with Crippen molar-refractivity contribution in [1.29, 1.82) is 0 Å². The van der Waals surface area contributed by atoms with Crippen LogP contribution < -0.4 is 10.6 Å². The Morgan fingerprint density at radius 2 is 2.00 bits per heavy atom. The highest BCUT2D eigenvalue weighted by molar-refractivity contribution is 5.90. The minimum Gasteiger partial charge on any atom is -0.326 e. The third kappa shape index (κ3) is 5.60. The van der Waals surface area contributed by atoms with Crippen molar-refractivity contribution >= 4 is 24.0 Å². The van der Waals surface area contributed by atoms with Crippen molar-refractivity contribution in [2.24, 2.45) is 0 Å². The van der Waals surface area contributed by atoms with Gasteiger partial charge in [-0.1, -0.05) is 0 Å². The molecule has 0 radical (unpaired) electrons. The maximum Gasteiger partial charge on any atom is 0.224 e. The third-order valence-corrected chi connectivity index (χ3v) is 2.03. The van der Waals surface area contributed by atoms with Crippen LogP contribution >= 0.6 is 12.4 Å². The largest absolute Gasteiger partial charge is 0.326 e. The summed E-state index contributed by atoms with van der Waals surface area (Å²) in [7, 11) is 1.80. The van der Waals surface area contributed by atoms with Crippen LogP contribution in [0.5, 0.6) is 0 Å². The van der Waals surface area contributed by atoms with E-state index in [0.29, 0.717) is 12.8 Å². The lowest BCUT2D eigenvalue weighted by atomic mass is 10.2. The summed E-state index contributed by atoms with van der Waals surface area (Å²) < 4.78 is 25.4. The summed E-state index contributed by atoms with van der Waals surface area (Å²) in [5.41, 5.74) is 0.272. The van der Waals surface area contributed by atoms with Gasteiger partial charge in [-0.2, -0.15) is 0 Å². The predicted molar refractivity (Wildman–Crippen MR) is 65.4 cm³/mol. The number of hydrogen-bond acceptors (Lipinski definition) is 2. The lowest BCUT2D eigenvalue weighted by molar-refractivity contribution is -0.116. The number of amides is 1. The molecule has 17 heavy (non-hydrogen) atoms. The summed E-state index contributed by atoms with van der Waals surface area (Å²) >= 11 is 0. The Labute approximate surface area is 105 Å². The van der Waals surface area contributed by atoms with Crippen LogP contribution in [0.2, 0.25) is 0 Å². The fourth-order valence-corrected chi connectivity index (χ4v) is 1.22. The van der Waals surface area contributed by atoms with Gasteiger partial charge in [0.05, 0.1) is 0 Å². The molecule has 3 nitrogen and oxygen atoms in total. The molecule has 0 atom stereocenters. The van der Waals surface area contributed by atoms with E-state index in [4.69, 9.17) is 0 Å². The van der Waals surface area contributed by atoms with E-state index in [0.717, 1.165) is 18.7 Å². The monoisotopic (exact) mass is 264 g/mol. The van der Waals surface area contributed by atoms with Gasteiger partial charge in [-0.05, 0) is 32.1 Å². The van der Waals surface area contributed by atoms with Crippen molar-refractivity contribution in [2.45, 2.75) is 12.8 Å². The molecule has 0 saturated heterocycles. The van der Waals surface area contributed by atoms with Crippen LogP contribution in [0.25, 0.3) is 0 Å². The summed E-state index contributed by atoms with van der Waals surface area (Å²) in [4.78, 5) is 11.3. The maximum atomic E-state index is 12.8. The van der Waals surface area contributed by atoms with Crippen molar-refractivity contribution in [3.63, 3.8) is 0 Å². The normalized spacial score (nSPS) is 9.59. The maximum absolute atomic E-state index is 12.8. The number of benzene rings is 1. The van der Waals surface area contributed by atoms with E-state index in [-0.39, 0.29) is 24.0 Å². The van der Waals surface area contributed by atoms with Gasteiger partial charge in [-0.3, -0.25) is 4.79 Å². The van der Waals surface area contributed by atoms with Crippen LogP contribution in [0.15, 0.2) is 18.2 Å². The van der Waals surface area contributed by atoms with Crippen molar-refractivity contribution in [2.75, 3.05) is 18.9 Å². The molecular weight excluding hydrogens is 250 g/mol. The molecule has 1 aromatic rings. The van der Waals surface area contributed by atoms with Crippen LogP contribution in [0.1, 0.15) is 12.8 Å². The van der Waals surface area contributed by atoms with E-state index in [1.165, 1.54) is 6.07 Å². The lowest BCUT2D eigenvalue weighted by Crippen LogP contribution is -2.15. The second kappa shape index (κ2) is 7.97. The summed E-state index contributed by atoms with van der Waals surface area (Å²) in [6, 6.07) is 3.28. The van der Waals surface area contributed by atoms with Crippen molar-refractivity contribution < 1.29 is 13.6 Å². The Morgan fingerprint density at radius 1 is 1.29 bits per heavy atom. The first-order valence-electron chi connectivity index (χ1n) is 5.03. The third-order valence-electron chi connectivity index (χ3n) is 2.03. The van der Waals surface area contributed by atoms with E-state index in [9.17, 15) is 13.6 Å².